The second-order valence-corrected chi connectivity index (χ2v) is 7.58. The van der Waals surface area contributed by atoms with Gasteiger partial charge in [-0.2, -0.15) is 0 Å². The summed E-state index contributed by atoms with van der Waals surface area (Å²) < 4.78 is 24.8. The predicted molar refractivity (Wildman–Crippen MR) is 88.7 cm³/mol. The number of hydrogen-bond acceptors (Lipinski definition) is 4. The van der Waals surface area contributed by atoms with Crippen molar-refractivity contribution in [3.8, 4) is 0 Å². The summed E-state index contributed by atoms with van der Waals surface area (Å²) in [5.41, 5.74) is 1.33. The van der Waals surface area contributed by atoms with Crippen molar-refractivity contribution in [3.05, 3.63) is 23.2 Å². The monoisotopic (exact) mass is 331 g/mol. The SMILES string of the molecule is CCN1CCC(Nc2ccc(NS(C)(=O)=O)c(Cl)c2)CC1. The van der Waals surface area contributed by atoms with Gasteiger partial charge in [0.25, 0.3) is 0 Å². The fraction of sp³-hybridized carbons (Fsp3) is 0.571. The number of likely N-dealkylation sites (tertiary alicyclic amines) is 1. The molecule has 1 aromatic rings. The van der Waals surface area contributed by atoms with Gasteiger partial charge in [0.05, 0.1) is 17.0 Å². The summed E-state index contributed by atoms with van der Waals surface area (Å²) in [4.78, 5) is 2.43. The molecular weight excluding hydrogens is 310 g/mol. The summed E-state index contributed by atoms with van der Waals surface area (Å²) in [5.74, 6) is 0. The van der Waals surface area contributed by atoms with Crippen LogP contribution in [0.1, 0.15) is 19.8 Å². The summed E-state index contributed by atoms with van der Waals surface area (Å²) in [6.45, 7) is 5.50. The largest absolute Gasteiger partial charge is 0.382 e. The van der Waals surface area contributed by atoms with Gasteiger partial charge >= 0.3 is 0 Å². The predicted octanol–water partition coefficient (Wildman–Crippen LogP) is 2.61. The Hall–Kier alpha value is -0.980. The number of benzene rings is 1. The second-order valence-electron chi connectivity index (χ2n) is 5.42. The Kier molecular flexibility index (Phi) is 5.35. The van der Waals surface area contributed by atoms with Gasteiger partial charge in [0.2, 0.25) is 10.0 Å². The third-order valence-electron chi connectivity index (χ3n) is 3.67. The maximum absolute atomic E-state index is 11.2. The Balaban J connectivity index is 1.97. The van der Waals surface area contributed by atoms with E-state index in [0.717, 1.165) is 44.4 Å². The van der Waals surface area contributed by atoms with Crippen LogP contribution >= 0.6 is 11.6 Å². The molecule has 2 N–H and O–H groups in total. The van der Waals surface area contributed by atoms with E-state index >= 15 is 0 Å². The minimum Gasteiger partial charge on any atom is -0.382 e. The van der Waals surface area contributed by atoms with Crippen molar-refractivity contribution in [2.75, 3.05) is 35.9 Å². The van der Waals surface area contributed by atoms with Crippen molar-refractivity contribution < 1.29 is 8.42 Å². The third kappa shape index (κ3) is 5.05. The zero-order chi connectivity index (χ0) is 15.5. The molecule has 0 aliphatic carbocycles. The van der Waals surface area contributed by atoms with E-state index in [4.69, 9.17) is 11.6 Å². The van der Waals surface area contributed by atoms with E-state index in [-0.39, 0.29) is 0 Å². The lowest BCUT2D eigenvalue weighted by atomic mass is 10.0. The molecule has 1 fully saturated rings. The summed E-state index contributed by atoms with van der Waals surface area (Å²) in [6, 6.07) is 5.75. The lowest BCUT2D eigenvalue weighted by molar-refractivity contribution is 0.229. The van der Waals surface area contributed by atoms with Crippen molar-refractivity contribution in [1.82, 2.24) is 4.90 Å². The van der Waals surface area contributed by atoms with Gasteiger partial charge < -0.3 is 10.2 Å². The van der Waals surface area contributed by atoms with E-state index in [1.165, 1.54) is 0 Å². The van der Waals surface area contributed by atoms with E-state index in [1.54, 1.807) is 12.1 Å². The van der Waals surface area contributed by atoms with Crippen LogP contribution in [-0.2, 0) is 10.0 Å². The first kappa shape index (κ1) is 16.4. The molecular formula is C14H22ClN3O2S. The first-order valence-corrected chi connectivity index (χ1v) is 9.40. The molecule has 21 heavy (non-hydrogen) atoms. The van der Waals surface area contributed by atoms with Gasteiger partial charge in [-0.25, -0.2) is 8.42 Å². The third-order valence-corrected chi connectivity index (χ3v) is 4.57. The molecule has 5 nitrogen and oxygen atoms in total. The number of hydrogen-bond donors (Lipinski definition) is 2. The molecule has 7 heteroatoms. The fourth-order valence-corrected chi connectivity index (χ4v) is 3.38. The van der Waals surface area contributed by atoms with Gasteiger partial charge in [0.15, 0.2) is 0 Å². The molecule has 1 saturated heterocycles. The molecule has 0 bridgehead atoms. The van der Waals surface area contributed by atoms with E-state index in [1.807, 2.05) is 6.07 Å². The Morgan fingerprint density at radius 3 is 2.52 bits per heavy atom. The lowest BCUT2D eigenvalue weighted by Gasteiger charge is -2.32. The molecule has 0 amide bonds. The average molecular weight is 332 g/mol. The molecule has 1 heterocycles. The summed E-state index contributed by atoms with van der Waals surface area (Å²) in [6.07, 6.45) is 3.32. The van der Waals surface area contributed by atoms with E-state index in [0.29, 0.717) is 16.8 Å². The summed E-state index contributed by atoms with van der Waals surface area (Å²) >= 11 is 6.12. The molecule has 1 aromatic carbocycles. The van der Waals surface area contributed by atoms with Gasteiger partial charge in [0, 0.05) is 24.8 Å². The molecule has 0 spiro atoms. The highest BCUT2D eigenvalue weighted by molar-refractivity contribution is 7.92. The molecule has 0 atom stereocenters. The number of rotatable bonds is 5. The van der Waals surface area contributed by atoms with Crippen molar-refractivity contribution in [3.63, 3.8) is 0 Å². The molecule has 0 aromatic heterocycles. The van der Waals surface area contributed by atoms with Crippen LogP contribution in [0.5, 0.6) is 0 Å². The van der Waals surface area contributed by atoms with Crippen LogP contribution in [0, 0.1) is 0 Å². The quantitative estimate of drug-likeness (QED) is 0.870. The minimum absolute atomic E-state index is 0.399. The zero-order valence-corrected chi connectivity index (χ0v) is 14.0. The van der Waals surface area contributed by atoms with Crippen LogP contribution in [0.4, 0.5) is 11.4 Å². The number of piperidine rings is 1. The maximum atomic E-state index is 11.2. The summed E-state index contributed by atoms with van der Waals surface area (Å²) in [7, 11) is -3.31. The Labute approximate surface area is 131 Å². The highest BCUT2D eigenvalue weighted by Gasteiger charge is 2.18. The van der Waals surface area contributed by atoms with Crippen molar-refractivity contribution in [2.24, 2.45) is 0 Å². The maximum Gasteiger partial charge on any atom is 0.229 e. The van der Waals surface area contributed by atoms with Crippen molar-refractivity contribution in [2.45, 2.75) is 25.8 Å². The Morgan fingerprint density at radius 1 is 1.33 bits per heavy atom. The second kappa shape index (κ2) is 6.85. The zero-order valence-electron chi connectivity index (χ0n) is 12.4. The van der Waals surface area contributed by atoms with E-state index in [2.05, 4.69) is 21.9 Å². The fourth-order valence-electron chi connectivity index (χ4n) is 2.52. The van der Waals surface area contributed by atoms with Gasteiger partial charge in [-0.3, -0.25) is 4.72 Å². The smallest absolute Gasteiger partial charge is 0.229 e. The molecule has 118 valence electrons. The van der Waals surface area contributed by atoms with Crippen LogP contribution in [-0.4, -0.2) is 45.2 Å². The number of sulfonamides is 1. The lowest BCUT2D eigenvalue weighted by Crippen LogP contribution is -2.38. The van der Waals surface area contributed by atoms with Gasteiger partial charge in [-0.1, -0.05) is 18.5 Å². The van der Waals surface area contributed by atoms with Crippen molar-refractivity contribution >= 4 is 33.0 Å². The highest BCUT2D eigenvalue weighted by Crippen LogP contribution is 2.27. The first-order valence-electron chi connectivity index (χ1n) is 7.13. The molecule has 1 aliphatic heterocycles. The number of halogens is 1. The van der Waals surface area contributed by atoms with E-state index in [9.17, 15) is 8.42 Å². The Morgan fingerprint density at radius 2 is 2.00 bits per heavy atom. The molecule has 0 radical (unpaired) electrons. The number of anilines is 2. The van der Waals surface area contributed by atoms with E-state index < -0.39 is 10.0 Å². The highest BCUT2D eigenvalue weighted by atomic mass is 35.5. The molecule has 0 saturated carbocycles. The first-order chi connectivity index (χ1) is 9.87. The van der Waals surface area contributed by atoms with Gasteiger partial charge in [0.1, 0.15) is 0 Å². The average Bonchev–Trinajstić information content (AvgIpc) is 2.41. The van der Waals surface area contributed by atoms with Gasteiger partial charge in [-0.15, -0.1) is 0 Å². The van der Waals surface area contributed by atoms with Crippen molar-refractivity contribution in [1.29, 1.82) is 0 Å². The number of nitrogens with zero attached hydrogens (tertiary/aromatic N) is 1. The normalized spacial score (nSPS) is 17.7. The molecule has 0 unspecified atom stereocenters. The Bertz CT molecular complexity index is 584. The van der Waals surface area contributed by atoms with Crippen LogP contribution in [0.25, 0.3) is 0 Å². The molecule has 2 rings (SSSR count). The minimum atomic E-state index is -3.31. The molecule has 1 aliphatic rings. The number of nitrogens with one attached hydrogen (secondary N) is 2. The summed E-state index contributed by atoms with van der Waals surface area (Å²) in [5, 5.41) is 3.87. The standard InChI is InChI=1S/C14H22ClN3O2S/c1-3-18-8-6-11(7-9-18)16-12-4-5-14(13(15)10-12)17-21(2,19)20/h4-5,10-11,16-17H,3,6-9H2,1-2H3. The van der Waals surface area contributed by atoms with Gasteiger partial charge in [-0.05, 0) is 37.6 Å². The van der Waals surface area contributed by atoms with Crippen LogP contribution in [0.2, 0.25) is 5.02 Å². The van der Waals surface area contributed by atoms with Crippen LogP contribution in [0.15, 0.2) is 18.2 Å². The topological polar surface area (TPSA) is 61.4 Å². The van der Waals surface area contributed by atoms with Crippen LogP contribution < -0.4 is 10.0 Å². The van der Waals surface area contributed by atoms with Crippen LogP contribution in [0.3, 0.4) is 0 Å².